The molecule has 0 saturated carbocycles. The van der Waals surface area contributed by atoms with Crippen LogP contribution in [-0.2, 0) is 0 Å². The molecule has 2 aromatic heterocycles. The Bertz CT molecular complexity index is 831. The Labute approximate surface area is 120 Å². The molecule has 0 bridgehead atoms. The topological polar surface area (TPSA) is 88.1 Å². The van der Waals surface area contributed by atoms with E-state index in [-0.39, 0.29) is 0 Å². The van der Waals surface area contributed by atoms with Crippen molar-refractivity contribution in [1.82, 2.24) is 19.6 Å². The molecule has 1 N–H and O–H groups in total. The first-order chi connectivity index (χ1) is 10.2. The number of benzene rings is 1. The van der Waals surface area contributed by atoms with Crippen molar-refractivity contribution in [3.63, 3.8) is 0 Å². The summed E-state index contributed by atoms with van der Waals surface area (Å²) in [5.41, 5.74) is 2.00. The number of aromatic nitrogens is 4. The first-order valence-corrected chi connectivity index (χ1v) is 6.24. The van der Waals surface area contributed by atoms with Gasteiger partial charge in [-0.05, 0) is 31.2 Å². The molecule has 0 aliphatic heterocycles. The van der Waals surface area contributed by atoms with Crippen LogP contribution >= 0.6 is 0 Å². The SMILES string of the molecule is COc1ccc(Nc2nc3nncn3c(C)c2C#N)cc1. The molecular weight excluding hydrogens is 268 g/mol. The van der Waals surface area contributed by atoms with Gasteiger partial charge in [0.2, 0.25) is 0 Å². The summed E-state index contributed by atoms with van der Waals surface area (Å²) >= 11 is 0. The average molecular weight is 280 g/mol. The molecule has 3 aromatic rings. The number of nitriles is 1. The number of hydrogen-bond acceptors (Lipinski definition) is 6. The Morgan fingerprint density at radius 3 is 2.71 bits per heavy atom. The van der Waals surface area contributed by atoms with Gasteiger partial charge in [-0.2, -0.15) is 10.2 Å². The van der Waals surface area contributed by atoms with Gasteiger partial charge in [-0.25, -0.2) is 0 Å². The molecular formula is C14H12N6O. The van der Waals surface area contributed by atoms with Crippen molar-refractivity contribution < 1.29 is 4.74 Å². The van der Waals surface area contributed by atoms with E-state index in [1.807, 2.05) is 31.2 Å². The summed E-state index contributed by atoms with van der Waals surface area (Å²) in [6.07, 6.45) is 1.54. The van der Waals surface area contributed by atoms with Crippen LogP contribution in [-0.4, -0.2) is 26.7 Å². The second kappa shape index (κ2) is 5.09. The fourth-order valence-corrected chi connectivity index (χ4v) is 2.02. The normalized spacial score (nSPS) is 10.3. The smallest absolute Gasteiger partial charge is 0.257 e. The highest BCUT2D eigenvalue weighted by Gasteiger charge is 2.13. The first kappa shape index (κ1) is 12.9. The minimum Gasteiger partial charge on any atom is -0.497 e. The Kier molecular flexibility index (Phi) is 3.12. The van der Waals surface area contributed by atoms with Crippen LogP contribution in [0.4, 0.5) is 11.5 Å². The third-order valence-electron chi connectivity index (χ3n) is 3.17. The summed E-state index contributed by atoms with van der Waals surface area (Å²) in [6.45, 7) is 1.83. The fourth-order valence-electron chi connectivity index (χ4n) is 2.02. The molecule has 7 nitrogen and oxygen atoms in total. The monoisotopic (exact) mass is 280 g/mol. The number of hydrogen-bond donors (Lipinski definition) is 1. The van der Waals surface area contributed by atoms with E-state index in [2.05, 4.69) is 26.6 Å². The van der Waals surface area contributed by atoms with Crippen LogP contribution in [0.25, 0.3) is 5.78 Å². The fraction of sp³-hybridized carbons (Fsp3) is 0.143. The Balaban J connectivity index is 2.04. The van der Waals surface area contributed by atoms with Gasteiger partial charge in [0.25, 0.3) is 5.78 Å². The number of rotatable bonds is 3. The molecule has 104 valence electrons. The van der Waals surface area contributed by atoms with Crippen molar-refractivity contribution in [1.29, 1.82) is 5.26 Å². The molecule has 0 spiro atoms. The first-order valence-electron chi connectivity index (χ1n) is 6.24. The summed E-state index contributed by atoms with van der Waals surface area (Å²) in [6, 6.07) is 9.53. The number of aryl methyl sites for hydroxylation is 1. The molecule has 0 unspecified atom stereocenters. The zero-order valence-corrected chi connectivity index (χ0v) is 11.5. The number of methoxy groups -OCH3 is 1. The molecule has 0 atom stereocenters. The molecule has 1 aromatic carbocycles. The Hall–Kier alpha value is -3.14. The van der Waals surface area contributed by atoms with Gasteiger partial charge < -0.3 is 10.1 Å². The predicted octanol–water partition coefficient (Wildman–Crippen LogP) is 2.06. The van der Waals surface area contributed by atoms with Gasteiger partial charge in [0.15, 0.2) is 5.82 Å². The Morgan fingerprint density at radius 1 is 1.29 bits per heavy atom. The van der Waals surface area contributed by atoms with Crippen LogP contribution in [0.5, 0.6) is 5.75 Å². The van der Waals surface area contributed by atoms with Crippen LogP contribution in [0.3, 0.4) is 0 Å². The number of nitrogens with zero attached hydrogens (tertiary/aromatic N) is 5. The van der Waals surface area contributed by atoms with Crippen LogP contribution < -0.4 is 10.1 Å². The lowest BCUT2D eigenvalue weighted by Gasteiger charge is -2.10. The third kappa shape index (κ3) is 2.23. The summed E-state index contributed by atoms with van der Waals surface area (Å²) in [5.74, 6) is 1.67. The largest absolute Gasteiger partial charge is 0.497 e. The molecule has 0 fully saturated rings. The van der Waals surface area contributed by atoms with Crippen LogP contribution in [0, 0.1) is 18.3 Å². The van der Waals surface area contributed by atoms with E-state index < -0.39 is 0 Å². The van der Waals surface area contributed by atoms with Gasteiger partial charge in [-0.3, -0.25) is 4.40 Å². The predicted molar refractivity (Wildman–Crippen MR) is 76.5 cm³/mol. The van der Waals surface area contributed by atoms with E-state index in [9.17, 15) is 5.26 Å². The van der Waals surface area contributed by atoms with E-state index in [4.69, 9.17) is 4.74 Å². The molecule has 0 amide bonds. The maximum atomic E-state index is 9.35. The number of nitrogens with one attached hydrogen (secondary N) is 1. The lowest BCUT2D eigenvalue weighted by molar-refractivity contribution is 0.415. The van der Waals surface area contributed by atoms with Gasteiger partial charge in [0, 0.05) is 11.4 Å². The zero-order valence-electron chi connectivity index (χ0n) is 11.5. The van der Waals surface area contributed by atoms with Crippen molar-refractivity contribution in [2.24, 2.45) is 0 Å². The van der Waals surface area contributed by atoms with Crippen molar-refractivity contribution in [2.75, 3.05) is 12.4 Å². The third-order valence-corrected chi connectivity index (χ3v) is 3.17. The van der Waals surface area contributed by atoms with Gasteiger partial charge in [0.05, 0.1) is 7.11 Å². The molecule has 0 radical (unpaired) electrons. The van der Waals surface area contributed by atoms with Crippen LogP contribution in [0.1, 0.15) is 11.3 Å². The quantitative estimate of drug-likeness (QED) is 0.790. The zero-order chi connectivity index (χ0) is 14.8. The lowest BCUT2D eigenvalue weighted by Crippen LogP contribution is -2.04. The van der Waals surface area contributed by atoms with E-state index in [1.54, 1.807) is 11.5 Å². The second-order valence-electron chi connectivity index (χ2n) is 4.39. The van der Waals surface area contributed by atoms with E-state index in [0.29, 0.717) is 17.2 Å². The van der Waals surface area contributed by atoms with Crippen molar-refractivity contribution in [3.05, 3.63) is 41.9 Å². The average Bonchev–Trinajstić information content (AvgIpc) is 2.97. The van der Waals surface area contributed by atoms with Gasteiger partial charge in [0.1, 0.15) is 23.7 Å². The molecule has 7 heteroatoms. The highest BCUT2D eigenvalue weighted by atomic mass is 16.5. The molecule has 21 heavy (non-hydrogen) atoms. The summed E-state index contributed by atoms with van der Waals surface area (Å²) in [4.78, 5) is 4.33. The molecule has 3 rings (SSSR count). The number of ether oxygens (including phenoxy) is 1. The van der Waals surface area contributed by atoms with E-state index in [0.717, 1.165) is 17.1 Å². The van der Waals surface area contributed by atoms with E-state index in [1.165, 1.54) is 6.33 Å². The maximum absolute atomic E-state index is 9.35. The van der Waals surface area contributed by atoms with Crippen LogP contribution in [0.15, 0.2) is 30.6 Å². The van der Waals surface area contributed by atoms with Gasteiger partial charge in [-0.1, -0.05) is 0 Å². The minimum absolute atomic E-state index is 0.447. The molecule has 0 aliphatic rings. The highest BCUT2D eigenvalue weighted by Crippen LogP contribution is 2.23. The van der Waals surface area contributed by atoms with E-state index >= 15 is 0 Å². The molecule has 0 aliphatic carbocycles. The standard InChI is InChI=1S/C14H12N6O/c1-9-12(7-15)13(18-14-19-16-8-20(9)14)17-10-3-5-11(21-2)6-4-10/h3-6,8H,1-2H3,(H,17,18,19). The maximum Gasteiger partial charge on any atom is 0.257 e. The minimum atomic E-state index is 0.447. The Morgan fingerprint density at radius 2 is 2.05 bits per heavy atom. The second-order valence-corrected chi connectivity index (χ2v) is 4.39. The molecule has 0 saturated heterocycles. The molecule has 2 heterocycles. The van der Waals surface area contributed by atoms with Crippen LogP contribution in [0.2, 0.25) is 0 Å². The van der Waals surface area contributed by atoms with Gasteiger partial charge in [-0.15, -0.1) is 10.2 Å². The summed E-state index contributed by atoms with van der Waals surface area (Å²) in [7, 11) is 1.61. The number of anilines is 2. The summed E-state index contributed by atoms with van der Waals surface area (Å²) < 4.78 is 6.79. The number of fused-ring (bicyclic) bond motifs is 1. The van der Waals surface area contributed by atoms with Gasteiger partial charge >= 0.3 is 0 Å². The van der Waals surface area contributed by atoms with Crippen molar-refractivity contribution in [2.45, 2.75) is 6.92 Å². The lowest BCUT2D eigenvalue weighted by atomic mass is 10.2. The highest BCUT2D eigenvalue weighted by molar-refractivity contribution is 5.66. The summed E-state index contributed by atoms with van der Waals surface area (Å²) in [5, 5.41) is 20.2. The van der Waals surface area contributed by atoms with Crippen molar-refractivity contribution in [3.8, 4) is 11.8 Å². The van der Waals surface area contributed by atoms with Crippen molar-refractivity contribution >= 4 is 17.3 Å².